The van der Waals surface area contributed by atoms with Crippen LogP contribution in [0.2, 0.25) is 0 Å². The van der Waals surface area contributed by atoms with Crippen LogP contribution in [0.25, 0.3) is 11.4 Å². The molecule has 0 aliphatic carbocycles. The molecule has 0 atom stereocenters. The number of nitrogens with zero attached hydrogens (tertiary/aromatic N) is 5. The minimum atomic E-state index is -0.424. The Hall–Kier alpha value is -3.23. The van der Waals surface area contributed by atoms with Gasteiger partial charge in [-0.2, -0.15) is 0 Å². The average Bonchev–Trinajstić information content (AvgIpc) is 2.73. The Labute approximate surface area is 163 Å². The number of non-ortho nitro benzene ring substituents is 1. The minimum Gasteiger partial charge on any atom is -0.353 e. The zero-order valence-electron chi connectivity index (χ0n) is 16.1. The van der Waals surface area contributed by atoms with Gasteiger partial charge in [-0.25, -0.2) is 14.8 Å². The number of piperazine rings is 1. The Morgan fingerprint density at radius 3 is 2.39 bits per heavy atom. The Morgan fingerprint density at radius 2 is 1.82 bits per heavy atom. The van der Waals surface area contributed by atoms with Crippen molar-refractivity contribution in [3.63, 3.8) is 0 Å². The summed E-state index contributed by atoms with van der Waals surface area (Å²) in [7, 11) is 0. The lowest BCUT2D eigenvalue weighted by Gasteiger charge is -2.35. The molecule has 9 nitrogen and oxygen atoms in total. The lowest BCUT2D eigenvalue weighted by atomic mass is 10.2. The van der Waals surface area contributed by atoms with Gasteiger partial charge in [-0.05, 0) is 25.5 Å². The van der Waals surface area contributed by atoms with Crippen molar-refractivity contribution >= 4 is 17.5 Å². The van der Waals surface area contributed by atoms with Crippen LogP contribution in [0.3, 0.4) is 0 Å². The largest absolute Gasteiger partial charge is 0.353 e. The minimum absolute atomic E-state index is 0.0364. The van der Waals surface area contributed by atoms with Gasteiger partial charge < -0.3 is 15.1 Å². The van der Waals surface area contributed by atoms with Crippen molar-refractivity contribution in [3.8, 4) is 11.4 Å². The number of aromatic nitrogens is 2. The molecule has 1 N–H and O–H groups in total. The normalized spacial score (nSPS) is 14.1. The van der Waals surface area contributed by atoms with E-state index in [1.807, 2.05) is 19.9 Å². The molecular weight excluding hydrogens is 360 g/mol. The standard InChI is InChI=1S/C19H24N6O3/c1-3-15-13-17(23-9-11-24(12-10-23)19(26)20-4-2)22-18(21-15)14-5-7-16(8-6-14)25(27)28/h5-8,13H,3-4,9-12H2,1-2H3,(H,20,26). The number of rotatable bonds is 5. The first kappa shape index (κ1) is 19.5. The second-order valence-corrected chi connectivity index (χ2v) is 6.51. The quantitative estimate of drug-likeness (QED) is 0.627. The molecule has 3 rings (SSSR count). The van der Waals surface area contributed by atoms with Crippen LogP contribution in [0, 0.1) is 10.1 Å². The number of carbonyl (C=O) groups is 1. The van der Waals surface area contributed by atoms with Crippen molar-refractivity contribution in [2.45, 2.75) is 20.3 Å². The Morgan fingerprint density at radius 1 is 1.14 bits per heavy atom. The highest BCUT2D eigenvalue weighted by Gasteiger charge is 2.22. The lowest BCUT2D eigenvalue weighted by Crippen LogP contribution is -2.52. The fraction of sp³-hybridized carbons (Fsp3) is 0.421. The number of amides is 2. The van der Waals surface area contributed by atoms with Crippen molar-refractivity contribution in [1.29, 1.82) is 0 Å². The Balaban J connectivity index is 1.80. The molecule has 9 heteroatoms. The summed E-state index contributed by atoms with van der Waals surface area (Å²) < 4.78 is 0. The van der Waals surface area contributed by atoms with Crippen LogP contribution in [-0.2, 0) is 6.42 Å². The van der Waals surface area contributed by atoms with Crippen LogP contribution in [0.4, 0.5) is 16.3 Å². The number of anilines is 1. The molecule has 0 unspecified atom stereocenters. The fourth-order valence-corrected chi connectivity index (χ4v) is 3.09. The molecule has 2 heterocycles. The van der Waals surface area contributed by atoms with E-state index in [1.165, 1.54) is 12.1 Å². The van der Waals surface area contributed by atoms with E-state index < -0.39 is 4.92 Å². The van der Waals surface area contributed by atoms with E-state index in [1.54, 1.807) is 17.0 Å². The van der Waals surface area contributed by atoms with E-state index in [2.05, 4.69) is 20.2 Å². The van der Waals surface area contributed by atoms with E-state index in [0.29, 0.717) is 38.5 Å². The molecule has 2 aromatic rings. The number of nitrogens with one attached hydrogen (secondary N) is 1. The SMILES string of the molecule is CCNC(=O)N1CCN(c2cc(CC)nc(-c3ccc([N+](=O)[O-])cc3)n2)CC1. The number of aryl methyl sites for hydroxylation is 1. The first-order chi connectivity index (χ1) is 13.5. The van der Waals surface area contributed by atoms with Gasteiger partial charge in [-0.1, -0.05) is 6.92 Å². The molecule has 1 aliphatic rings. The van der Waals surface area contributed by atoms with E-state index in [4.69, 9.17) is 0 Å². The van der Waals surface area contributed by atoms with Gasteiger partial charge in [-0.15, -0.1) is 0 Å². The molecule has 0 spiro atoms. The van der Waals surface area contributed by atoms with E-state index >= 15 is 0 Å². The van der Waals surface area contributed by atoms with Gasteiger partial charge in [0.25, 0.3) is 5.69 Å². The fourth-order valence-electron chi connectivity index (χ4n) is 3.09. The number of carbonyl (C=O) groups excluding carboxylic acids is 1. The molecule has 1 fully saturated rings. The zero-order valence-corrected chi connectivity index (χ0v) is 16.1. The highest BCUT2D eigenvalue weighted by molar-refractivity contribution is 5.74. The van der Waals surface area contributed by atoms with Gasteiger partial charge in [0, 0.05) is 62.2 Å². The predicted octanol–water partition coefficient (Wildman–Crippen LogP) is 2.47. The van der Waals surface area contributed by atoms with Crippen molar-refractivity contribution in [2.24, 2.45) is 0 Å². The molecule has 2 amide bonds. The van der Waals surface area contributed by atoms with Crippen LogP contribution in [0.1, 0.15) is 19.5 Å². The number of nitro groups is 1. The molecule has 0 bridgehead atoms. The molecular formula is C19H24N6O3. The van der Waals surface area contributed by atoms with Crippen LogP contribution < -0.4 is 10.2 Å². The highest BCUT2D eigenvalue weighted by Crippen LogP contribution is 2.23. The van der Waals surface area contributed by atoms with Crippen LogP contribution >= 0.6 is 0 Å². The van der Waals surface area contributed by atoms with Crippen molar-refractivity contribution in [2.75, 3.05) is 37.6 Å². The molecule has 1 aliphatic heterocycles. The maximum atomic E-state index is 12.0. The molecule has 148 valence electrons. The van der Waals surface area contributed by atoms with Crippen LogP contribution in [0.15, 0.2) is 30.3 Å². The monoisotopic (exact) mass is 384 g/mol. The number of benzene rings is 1. The first-order valence-corrected chi connectivity index (χ1v) is 9.42. The average molecular weight is 384 g/mol. The predicted molar refractivity (Wildman–Crippen MR) is 106 cm³/mol. The zero-order chi connectivity index (χ0) is 20.1. The molecule has 28 heavy (non-hydrogen) atoms. The molecule has 0 radical (unpaired) electrons. The number of nitro benzene ring substituents is 1. The van der Waals surface area contributed by atoms with Gasteiger partial charge in [0.05, 0.1) is 4.92 Å². The van der Waals surface area contributed by atoms with Gasteiger partial charge in [0.1, 0.15) is 5.82 Å². The topological polar surface area (TPSA) is 105 Å². The number of urea groups is 1. The van der Waals surface area contributed by atoms with Gasteiger partial charge in [0.15, 0.2) is 5.82 Å². The second-order valence-electron chi connectivity index (χ2n) is 6.51. The Bertz CT molecular complexity index is 847. The van der Waals surface area contributed by atoms with E-state index in [0.717, 1.165) is 23.5 Å². The van der Waals surface area contributed by atoms with Crippen molar-refractivity contribution < 1.29 is 9.72 Å². The summed E-state index contributed by atoms with van der Waals surface area (Å²) >= 11 is 0. The van der Waals surface area contributed by atoms with Gasteiger partial charge in [0.2, 0.25) is 0 Å². The maximum absolute atomic E-state index is 12.0. The van der Waals surface area contributed by atoms with Crippen LogP contribution in [0.5, 0.6) is 0 Å². The third-order valence-electron chi connectivity index (χ3n) is 4.68. The molecule has 1 saturated heterocycles. The summed E-state index contributed by atoms with van der Waals surface area (Å²) in [5.41, 5.74) is 1.68. The summed E-state index contributed by atoms with van der Waals surface area (Å²) in [5, 5.41) is 13.7. The van der Waals surface area contributed by atoms with Crippen molar-refractivity contribution in [1.82, 2.24) is 20.2 Å². The first-order valence-electron chi connectivity index (χ1n) is 9.42. The van der Waals surface area contributed by atoms with E-state index in [-0.39, 0.29) is 11.7 Å². The van der Waals surface area contributed by atoms with Gasteiger partial charge in [-0.3, -0.25) is 10.1 Å². The summed E-state index contributed by atoms with van der Waals surface area (Å²) in [5.74, 6) is 1.37. The molecule has 1 aromatic heterocycles. The smallest absolute Gasteiger partial charge is 0.317 e. The molecule has 1 aromatic carbocycles. The summed E-state index contributed by atoms with van der Waals surface area (Å²) in [4.78, 5) is 35.6. The summed E-state index contributed by atoms with van der Waals surface area (Å²) in [6, 6.07) is 8.19. The highest BCUT2D eigenvalue weighted by atomic mass is 16.6. The van der Waals surface area contributed by atoms with Crippen molar-refractivity contribution in [3.05, 3.63) is 46.1 Å². The van der Waals surface area contributed by atoms with E-state index in [9.17, 15) is 14.9 Å². The number of hydrogen-bond acceptors (Lipinski definition) is 6. The summed E-state index contributed by atoms with van der Waals surface area (Å²) in [6.45, 7) is 7.19. The summed E-state index contributed by atoms with van der Waals surface area (Å²) in [6.07, 6.45) is 0.758. The second kappa shape index (κ2) is 8.64. The molecule has 0 saturated carbocycles. The maximum Gasteiger partial charge on any atom is 0.317 e. The third-order valence-corrected chi connectivity index (χ3v) is 4.68. The third kappa shape index (κ3) is 4.36. The number of hydrogen-bond donors (Lipinski definition) is 1. The Kier molecular flexibility index (Phi) is 6.03. The van der Waals surface area contributed by atoms with Gasteiger partial charge >= 0.3 is 6.03 Å². The lowest BCUT2D eigenvalue weighted by molar-refractivity contribution is -0.384. The van der Waals surface area contributed by atoms with Crippen LogP contribution in [-0.4, -0.2) is 58.5 Å².